The van der Waals surface area contributed by atoms with Gasteiger partial charge in [0, 0.05) is 18.8 Å². The SMILES string of the molecule is C=C(c1cccc(C2(O)COC2)c1)N1CCC(c2ccc(C(F)(F)F)cc2)CC1. The summed E-state index contributed by atoms with van der Waals surface area (Å²) in [5.74, 6) is 0.250. The zero-order chi connectivity index (χ0) is 20.6. The maximum Gasteiger partial charge on any atom is 0.416 e. The molecular formula is C23H24F3NO2. The van der Waals surface area contributed by atoms with E-state index in [1.165, 1.54) is 12.1 Å². The van der Waals surface area contributed by atoms with Crippen molar-refractivity contribution in [3.63, 3.8) is 0 Å². The van der Waals surface area contributed by atoms with Crippen molar-refractivity contribution in [3.05, 3.63) is 77.4 Å². The molecule has 154 valence electrons. The largest absolute Gasteiger partial charge is 0.416 e. The number of rotatable bonds is 4. The molecule has 0 aliphatic carbocycles. The van der Waals surface area contributed by atoms with Crippen LogP contribution in [-0.2, 0) is 16.5 Å². The first-order valence-electron chi connectivity index (χ1n) is 9.78. The molecule has 2 heterocycles. The highest BCUT2D eigenvalue weighted by Gasteiger charge is 2.38. The molecule has 1 N–H and O–H groups in total. The second kappa shape index (κ2) is 7.50. The summed E-state index contributed by atoms with van der Waals surface area (Å²) in [6.45, 7) is 6.44. The Labute approximate surface area is 168 Å². The number of aliphatic hydroxyl groups is 1. The fraction of sp³-hybridized carbons (Fsp3) is 0.391. The highest BCUT2D eigenvalue weighted by Crippen LogP contribution is 2.35. The van der Waals surface area contributed by atoms with Crippen molar-refractivity contribution in [3.8, 4) is 0 Å². The number of hydrogen-bond donors (Lipinski definition) is 1. The first-order chi connectivity index (χ1) is 13.8. The van der Waals surface area contributed by atoms with E-state index in [4.69, 9.17) is 4.74 Å². The molecule has 2 fully saturated rings. The van der Waals surface area contributed by atoms with Crippen LogP contribution < -0.4 is 0 Å². The van der Waals surface area contributed by atoms with Gasteiger partial charge in [-0.2, -0.15) is 13.2 Å². The summed E-state index contributed by atoms with van der Waals surface area (Å²) in [5, 5.41) is 10.5. The van der Waals surface area contributed by atoms with Gasteiger partial charge >= 0.3 is 6.18 Å². The zero-order valence-corrected chi connectivity index (χ0v) is 16.1. The van der Waals surface area contributed by atoms with Gasteiger partial charge in [0.25, 0.3) is 0 Å². The predicted molar refractivity (Wildman–Crippen MR) is 105 cm³/mol. The van der Waals surface area contributed by atoms with Crippen molar-refractivity contribution < 1.29 is 23.0 Å². The van der Waals surface area contributed by atoms with Crippen molar-refractivity contribution in [2.75, 3.05) is 26.3 Å². The first-order valence-corrected chi connectivity index (χ1v) is 9.78. The van der Waals surface area contributed by atoms with Crippen LogP contribution in [0.5, 0.6) is 0 Å². The third-order valence-corrected chi connectivity index (χ3v) is 6.00. The molecule has 0 bridgehead atoms. The minimum absolute atomic E-state index is 0.250. The van der Waals surface area contributed by atoms with Crippen molar-refractivity contribution >= 4 is 5.70 Å². The van der Waals surface area contributed by atoms with Crippen molar-refractivity contribution in [1.82, 2.24) is 4.90 Å². The molecule has 2 aromatic carbocycles. The number of hydrogen-bond acceptors (Lipinski definition) is 3. The molecule has 0 unspecified atom stereocenters. The Kier molecular flexibility index (Phi) is 5.17. The van der Waals surface area contributed by atoms with Gasteiger partial charge in [0.1, 0.15) is 5.60 Å². The van der Waals surface area contributed by atoms with E-state index >= 15 is 0 Å². The van der Waals surface area contributed by atoms with Crippen LogP contribution in [-0.4, -0.2) is 36.3 Å². The molecule has 0 saturated carbocycles. The number of ether oxygens (including phenoxy) is 1. The number of nitrogens with zero attached hydrogens (tertiary/aromatic N) is 1. The van der Waals surface area contributed by atoms with E-state index < -0.39 is 17.3 Å². The topological polar surface area (TPSA) is 32.7 Å². The molecule has 0 amide bonds. The van der Waals surface area contributed by atoms with E-state index in [2.05, 4.69) is 11.5 Å². The Hall–Kier alpha value is -2.31. The molecule has 2 aliphatic rings. The Morgan fingerprint density at radius 1 is 1.07 bits per heavy atom. The minimum Gasteiger partial charge on any atom is -0.380 e. The molecule has 3 nitrogen and oxygen atoms in total. The number of alkyl halides is 3. The number of piperidine rings is 1. The summed E-state index contributed by atoms with van der Waals surface area (Å²) in [7, 11) is 0. The second-order valence-corrected chi connectivity index (χ2v) is 7.93. The highest BCUT2D eigenvalue weighted by molar-refractivity contribution is 5.63. The standard InChI is InChI=1S/C23H24F3NO2/c1-16(19-3-2-4-21(13-19)22(28)14-29-15-22)27-11-9-18(10-12-27)17-5-7-20(8-6-17)23(24,25)26/h2-8,13,18,28H,1,9-12,14-15H2. The fourth-order valence-corrected chi connectivity index (χ4v) is 4.06. The van der Waals surface area contributed by atoms with Gasteiger partial charge in [-0.25, -0.2) is 0 Å². The number of likely N-dealkylation sites (tertiary alicyclic amines) is 1. The minimum atomic E-state index is -4.30. The second-order valence-electron chi connectivity index (χ2n) is 7.93. The van der Waals surface area contributed by atoms with Crippen LogP contribution in [0.4, 0.5) is 13.2 Å². The van der Waals surface area contributed by atoms with Gasteiger partial charge in [0.2, 0.25) is 0 Å². The van der Waals surface area contributed by atoms with Gasteiger partial charge in [0.05, 0.1) is 18.8 Å². The van der Waals surface area contributed by atoms with Crippen molar-refractivity contribution in [2.45, 2.75) is 30.5 Å². The third-order valence-electron chi connectivity index (χ3n) is 6.00. The Bertz CT molecular complexity index is 880. The average molecular weight is 403 g/mol. The van der Waals surface area contributed by atoms with Crippen LogP contribution >= 0.6 is 0 Å². The summed E-state index contributed by atoms with van der Waals surface area (Å²) in [4.78, 5) is 2.21. The molecule has 2 aliphatic heterocycles. The monoisotopic (exact) mass is 403 g/mol. The molecule has 2 saturated heterocycles. The molecule has 6 heteroatoms. The van der Waals surface area contributed by atoms with Gasteiger partial charge < -0.3 is 14.7 Å². The zero-order valence-electron chi connectivity index (χ0n) is 16.1. The van der Waals surface area contributed by atoms with Gasteiger partial charge in [-0.3, -0.25) is 0 Å². The van der Waals surface area contributed by atoms with Crippen LogP contribution in [0.2, 0.25) is 0 Å². The molecule has 4 rings (SSSR count). The lowest BCUT2D eigenvalue weighted by molar-refractivity contribution is -0.184. The summed E-state index contributed by atoms with van der Waals surface area (Å²) in [6, 6.07) is 13.3. The predicted octanol–water partition coefficient (Wildman–Crippen LogP) is 4.77. The lowest BCUT2D eigenvalue weighted by Crippen LogP contribution is -2.46. The van der Waals surface area contributed by atoms with Gasteiger partial charge in [-0.05, 0) is 53.6 Å². The van der Waals surface area contributed by atoms with Crippen LogP contribution in [0.1, 0.15) is 41.0 Å². The van der Waals surface area contributed by atoms with Crippen LogP contribution in [0, 0.1) is 0 Å². The molecule has 0 atom stereocenters. The van der Waals surface area contributed by atoms with Crippen molar-refractivity contribution in [1.29, 1.82) is 0 Å². The Morgan fingerprint density at radius 3 is 2.28 bits per heavy atom. The molecule has 0 radical (unpaired) electrons. The number of benzene rings is 2. The summed E-state index contributed by atoms with van der Waals surface area (Å²) < 4.78 is 43.4. The highest BCUT2D eigenvalue weighted by atomic mass is 19.4. The summed E-state index contributed by atoms with van der Waals surface area (Å²) >= 11 is 0. The first kappa shape index (κ1) is 20.0. The Morgan fingerprint density at radius 2 is 1.72 bits per heavy atom. The maximum absolute atomic E-state index is 12.8. The normalized spacial score (nSPS) is 19.7. The third kappa shape index (κ3) is 4.05. The van der Waals surface area contributed by atoms with E-state index in [0.717, 1.165) is 48.3 Å². The van der Waals surface area contributed by atoms with E-state index in [0.29, 0.717) is 13.2 Å². The fourth-order valence-electron chi connectivity index (χ4n) is 4.06. The maximum atomic E-state index is 12.8. The van der Waals surface area contributed by atoms with E-state index in [1.807, 2.05) is 24.3 Å². The Balaban J connectivity index is 1.39. The summed E-state index contributed by atoms with van der Waals surface area (Å²) in [6.07, 6.45) is -2.57. The lowest BCUT2D eigenvalue weighted by Gasteiger charge is -2.38. The quantitative estimate of drug-likeness (QED) is 0.798. The lowest BCUT2D eigenvalue weighted by atomic mass is 9.88. The van der Waals surface area contributed by atoms with Crippen LogP contribution in [0.15, 0.2) is 55.1 Å². The van der Waals surface area contributed by atoms with Gasteiger partial charge in [0.15, 0.2) is 0 Å². The number of halogens is 3. The molecule has 2 aromatic rings. The molecule has 0 aromatic heterocycles. The average Bonchev–Trinajstić information content (AvgIpc) is 2.71. The van der Waals surface area contributed by atoms with Gasteiger partial charge in [-0.1, -0.05) is 36.9 Å². The molecule has 0 spiro atoms. The van der Waals surface area contributed by atoms with Crippen LogP contribution in [0.3, 0.4) is 0 Å². The van der Waals surface area contributed by atoms with Gasteiger partial charge in [-0.15, -0.1) is 0 Å². The van der Waals surface area contributed by atoms with E-state index in [9.17, 15) is 18.3 Å². The molecular weight excluding hydrogens is 379 g/mol. The van der Waals surface area contributed by atoms with Crippen LogP contribution in [0.25, 0.3) is 5.70 Å². The smallest absolute Gasteiger partial charge is 0.380 e. The van der Waals surface area contributed by atoms with Crippen molar-refractivity contribution in [2.24, 2.45) is 0 Å². The van der Waals surface area contributed by atoms with E-state index in [1.54, 1.807) is 12.1 Å². The molecule has 29 heavy (non-hydrogen) atoms. The summed E-state index contributed by atoms with van der Waals surface area (Å²) in [5.41, 5.74) is 2.15. The van der Waals surface area contributed by atoms with E-state index in [-0.39, 0.29) is 5.92 Å².